The van der Waals surface area contributed by atoms with Crippen LogP contribution < -0.4 is 10.1 Å². The number of fused-ring (bicyclic) bond motifs is 1. The summed E-state index contributed by atoms with van der Waals surface area (Å²) in [7, 11) is -1.95. The first kappa shape index (κ1) is 20.3. The normalized spacial score (nSPS) is 11.4. The summed E-state index contributed by atoms with van der Waals surface area (Å²) in [6.45, 7) is 0. The van der Waals surface area contributed by atoms with Crippen LogP contribution in [0.3, 0.4) is 0 Å². The highest BCUT2D eigenvalue weighted by atomic mass is 32.2. The van der Waals surface area contributed by atoms with Crippen LogP contribution in [0, 0.1) is 0 Å². The third kappa shape index (κ3) is 4.16. The third-order valence-electron chi connectivity index (χ3n) is 4.33. The zero-order valence-corrected chi connectivity index (χ0v) is 17.3. The third-order valence-corrected chi connectivity index (χ3v) is 5.28. The molecule has 0 atom stereocenters. The number of hydrogen-bond acceptors (Lipinski definition) is 7. The number of rotatable bonds is 5. The Balaban J connectivity index is 1.52. The number of pyridine rings is 1. The number of anilines is 1. The average Bonchev–Trinajstić information content (AvgIpc) is 3.33. The van der Waals surface area contributed by atoms with E-state index in [9.17, 15) is 18.0 Å². The number of carbonyl (C=O) groups excluding carboxylic acids is 2. The number of carbonyl (C=O) groups is 2. The zero-order chi connectivity index (χ0) is 22.2. The molecule has 0 saturated heterocycles. The van der Waals surface area contributed by atoms with Gasteiger partial charge in [0.15, 0.2) is 5.69 Å². The fourth-order valence-corrected chi connectivity index (χ4v) is 3.70. The molecule has 158 valence electrons. The standard InChI is InChI=1S/C20H17N5O5S/c1-24-12-13(11-21-24)18(26)22-14-6-8-15(9-7-14)30-19(27)17-16-5-3-4-10-25(16)20(23-17)31(2,28)29/h3-12H,1-2H3,(H,22,26). The van der Waals surface area contributed by atoms with Crippen molar-refractivity contribution in [1.29, 1.82) is 0 Å². The van der Waals surface area contributed by atoms with Gasteiger partial charge in [0.1, 0.15) is 5.75 Å². The predicted molar refractivity (Wildman–Crippen MR) is 111 cm³/mol. The Labute approximate surface area is 177 Å². The molecule has 1 N–H and O–H groups in total. The molecule has 0 aliphatic heterocycles. The van der Waals surface area contributed by atoms with E-state index in [4.69, 9.17) is 4.74 Å². The van der Waals surface area contributed by atoms with Crippen molar-refractivity contribution in [2.45, 2.75) is 5.16 Å². The van der Waals surface area contributed by atoms with Crippen molar-refractivity contribution in [2.75, 3.05) is 11.6 Å². The van der Waals surface area contributed by atoms with E-state index < -0.39 is 15.8 Å². The van der Waals surface area contributed by atoms with Crippen molar-refractivity contribution in [2.24, 2.45) is 7.05 Å². The Morgan fingerprint density at radius 1 is 1.10 bits per heavy atom. The number of esters is 1. The van der Waals surface area contributed by atoms with E-state index in [1.54, 1.807) is 43.6 Å². The molecule has 11 heteroatoms. The summed E-state index contributed by atoms with van der Waals surface area (Å²) in [5.41, 5.74) is 1.11. The van der Waals surface area contributed by atoms with Crippen LogP contribution in [0.15, 0.2) is 66.2 Å². The van der Waals surface area contributed by atoms with Crippen molar-refractivity contribution in [3.05, 3.63) is 72.3 Å². The minimum atomic E-state index is -3.66. The molecule has 4 aromatic rings. The van der Waals surface area contributed by atoms with Crippen LogP contribution in [-0.2, 0) is 16.9 Å². The summed E-state index contributed by atoms with van der Waals surface area (Å²) in [5.74, 6) is -0.913. The number of amides is 1. The Hall–Kier alpha value is -3.99. The monoisotopic (exact) mass is 439 g/mol. The summed E-state index contributed by atoms with van der Waals surface area (Å²) in [6, 6.07) is 11.0. The summed E-state index contributed by atoms with van der Waals surface area (Å²) < 4.78 is 32.2. The van der Waals surface area contributed by atoms with Gasteiger partial charge in [0, 0.05) is 31.4 Å². The van der Waals surface area contributed by atoms with Crippen molar-refractivity contribution in [3.8, 4) is 5.75 Å². The second-order valence-electron chi connectivity index (χ2n) is 6.74. The molecule has 1 amide bonds. The lowest BCUT2D eigenvalue weighted by Gasteiger charge is -2.06. The van der Waals surface area contributed by atoms with Gasteiger partial charge in [-0.1, -0.05) is 6.07 Å². The van der Waals surface area contributed by atoms with Crippen LogP contribution >= 0.6 is 0 Å². The fourth-order valence-electron chi connectivity index (χ4n) is 2.92. The molecule has 1 aromatic carbocycles. The average molecular weight is 439 g/mol. The van der Waals surface area contributed by atoms with Gasteiger partial charge in [0.2, 0.25) is 15.0 Å². The van der Waals surface area contributed by atoms with Gasteiger partial charge in [-0.05, 0) is 36.4 Å². The van der Waals surface area contributed by atoms with E-state index in [-0.39, 0.29) is 22.5 Å². The molecule has 0 aliphatic rings. The van der Waals surface area contributed by atoms with Gasteiger partial charge in [-0.3, -0.25) is 13.9 Å². The second kappa shape index (κ2) is 7.69. The minimum Gasteiger partial charge on any atom is -0.422 e. The summed E-state index contributed by atoms with van der Waals surface area (Å²) >= 11 is 0. The molecule has 0 saturated carbocycles. The maximum atomic E-state index is 12.6. The van der Waals surface area contributed by atoms with E-state index in [1.165, 1.54) is 33.6 Å². The number of hydrogen-bond donors (Lipinski definition) is 1. The van der Waals surface area contributed by atoms with Crippen LogP contribution in [-0.4, -0.2) is 45.7 Å². The highest BCUT2D eigenvalue weighted by Crippen LogP contribution is 2.21. The van der Waals surface area contributed by atoms with Crippen LogP contribution in [0.25, 0.3) is 5.52 Å². The number of ether oxygens (including phenoxy) is 1. The van der Waals surface area contributed by atoms with Crippen molar-refractivity contribution >= 4 is 32.9 Å². The van der Waals surface area contributed by atoms with E-state index >= 15 is 0 Å². The van der Waals surface area contributed by atoms with E-state index in [2.05, 4.69) is 15.4 Å². The fraction of sp³-hybridized carbons (Fsp3) is 0.100. The van der Waals surface area contributed by atoms with Crippen molar-refractivity contribution < 1.29 is 22.7 Å². The van der Waals surface area contributed by atoms with Crippen LogP contribution in [0.2, 0.25) is 0 Å². The van der Waals surface area contributed by atoms with Crippen LogP contribution in [0.5, 0.6) is 5.75 Å². The van der Waals surface area contributed by atoms with Gasteiger partial charge in [-0.2, -0.15) is 5.10 Å². The first-order chi connectivity index (χ1) is 14.7. The Kier molecular flexibility index (Phi) is 5.03. The summed E-state index contributed by atoms with van der Waals surface area (Å²) in [6.07, 6.45) is 5.56. The lowest BCUT2D eigenvalue weighted by Crippen LogP contribution is -2.12. The lowest BCUT2D eigenvalue weighted by molar-refractivity contribution is 0.0730. The Bertz CT molecular complexity index is 1400. The Morgan fingerprint density at radius 3 is 2.48 bits per heavy atom. The largest absolute Gasteiger partial charge is 0.422 e. The van der Waals surface area contributed by atoms with Gasteiger partial charge < -0.3 is 10.1 Å². The van der Waals surface area contributed by atoms with Gasteiger partial charge in [0.25, 0.3) is 5.91 Å². The van der Waals surface area contributed by atoms with E-state index in [0.29, 0.717) is 16.8 Å². The van der Waals surface area contributed by atoms with E-state index in [0.717, 1.165) is 6.26 Å². The second-order valence-corrected chi connectivity index (χ2v) is 8.65. The molecule has 10 nitrogen and oxygen atoms in total. The molecule has 0 unspecified atom stereocenters. The number of benzene rings is 1. The number of aryl methyl sites for hydroxylation is 1. The molecule has 0 spiro atoms. The summed E-state index contributed by atoms with van der Waals surface area (Å²) in [5, 5.41) is 6.41. The molecular weight excluding hydrogens is 422 g/mol. The first-order valence-electron chi connectivity index (χ1n) is 9.02. The van der Waals surface area contributed by atoms with Crippen LogP contribution in [0.1, 0.15) is 20.8 Å². The minimum absolute atomic E-state index is 0.116. The van der Waals surface area contributed by atoms with Crippen LogP contribution in [0.4, 0.5) is 5.69 Å². The molecule has 3 heterocycles. The number of aromatic nitrogens is 4. The first-order valence-corrected chi connectivity index (χ1v) is 10.9. The maximum absolute atomic E-state index is 12.6. The van der Waals surface area contributed by atoms with Gasteiger partial charge in [0.05, 0.1) is 17.3 Å². The molecule has 0 fully saturated rings. The molecule has 4 rings (SSSR count). The van der Waals surface area contributed by atoms with Crippen molar-refractivity contribution in [1.82, 2.24) is 19.2 Å². The molecule has 31 heavy (non-hydrogen) atoms. The number of sulfone groups is 1. The summed E-state index contributed by atoms with van der Waals surface area (Å²) in [4.78, 5) is 28.8. The highest BCUT2D eigenvalue weighted by molar-refractivity contribution is 7.90. The van der Waals surface area contributed by atoms with Gasteiger partial charge in [-0.15, -0.1) is 0 Å². The van der Waals surface area contributed by atoms with Gasteiger partial charge >= 0.3 is 5.97 Å². The molecule has 0 bridgehead atoms. The predicted octanol–water partition coefficient (Wildman–Crippen LogP) is 1.94. The molecular formula is C20H17N5O5S. The number of imidazole rings is 1. The van der Waals surface area contributed by atoms with E-state index in [1.807, 2.05) is 0 Å². The maximum Gasteiger partial charge on any atom is 0.364 e. The molecule has 0 radical (unpaired) electrons. The lowest BCUT2D eigenvalue weighted by atomic mass is 10.2. The highest BCUT2D eigenvalue weighted by Gasteiger charge is 2.24. The smallest absolute Gasteiger partial charge is 0.364 e. The van der Waals surface area contributed by atoms with Crippen molar-refractivity contribution in [3.63, 3.8) is 0 Å². The number of nitrogens with one attached hydrogen (secondary N) is 1. The zero-order valence-electron chi connectivity index (χ0n) is 16.5. The SMILES string of the molecule is Cn1cc(C(=O)Nc2ccc(OC(=O)c3nc(S(C)(=O)=O)n4ccccc34)cc2)cn1. The number of nitrogens with zero attached hydrogens (tertiary/aromatic N) is 4. The Morgan fingerprint density at radius 2 is 1.84 bits per heavy atom. The molecule has 3 aromatic heterocycles. The molecule has 0 aliphatic carbocycles. The topological polar surface area (TPSA) is 125 Å². The quantitative estimate of drug-likeness (QED) is 0.372. The van der Waals surface area contributed by atoms with Gasteiger partial charge in [-0.25, -0.2) is 18.2 Å².